The van der Waals surface area contributed by atoms with E-state index in [4.69, 9.17) is 0 Å². The van der Waals surface area contributed by atoms with E-state index in [1.807, 2.05) is 6.92 Å². The van der Waals surface area contributed by atoms with Crippen LogP contribution in [0.25, 0.3) is 0 Å². The molecule has 6 heteroatoms. The smallest absolute Gasteiger partial charge is 0.268 e. The lowest BCUT2D eigenvalue weighted by Gasteiger charge is -2.30. The van der Waals surface area contributed by atoms with Gasteiger partial charge in [0.25, 0.3) is 5.91 Å². The molecule has 0 bridgehead atoms. The Hall–Kier alpha value is -1.33. The zero-order valence-electron chi connectivity index (χ0n) is 14.4. The molecule has 1 aliphatic heterocycles. The van der Waals surface area contributed by atoms with Crippen molar-refractivity contribution < 1.29 is 9.59 Å². The highest BCUT2D eigenvalue weighted by molar-refractivity contribution is 6.02. The zero-order chi connectivity index (χ0) is 16.3. The Bertz CT molecular complexity index is 568. The molecular weight excluding hydrogens is 314 g/mol. The number of halogens is 1. The molecule has 2 atom stereocenters. The maximum atomic E-state index is 12.7. The van der Waals surface area contributed by atoms with E-state index in [0.29, 0.717) is 17.2 Å². The van der Waals surface area contributed by atoms with E-state index in [0.717, 1.165) is 43.6 Å². The molecule has 1 aliphatic rings. The van der Waals surface area contributed by atoms with Crippen LogP contribution in [-0.2, 0) is 6.42 Å². The summed E-state index contributed by atoms with van der Waals surface area (Å²) in [6.45, 7) is 9.45. The van der Waals surface area contributed by atoms with Crippen molar-refractivity contribution in [2.24, 2.45) is 5.92 Å². The normalized spacial score (nSPS) is 20.7. The number of ketones is 1. The number of aromatic amines is 1. The Kier molecular flexibility index (Phi) is 7.29. The predicted molar refractivity (Wildman–Crippen MR) is 94.7 cm³/mol. The molecule has 0 spiro atoms. The first-order chi connectivity index (χ1) is 10.5. The van der Waals surface area contributed by atoms with E-state index < -0.39 is 0 Å². The molecule has 0 saturated carbocycles. The highest BCUT2D eigenvalue weighted by Gasteiger charge is 2.27. The Labute approximate surface area is 144 Å². The second-order valence-corrected chi connectivity index (χ2v) is 6.33. The van der Waals surface area contributed by atoms with Crippen molar-refractivity contribution in [3.63, 3.8) is 0 Å². The maximum absolute atomic E-state index is 12.7. The van der Waals surface area contributed by atoms with Gasteiger partial charge < -0.3 is 15.6 Å². The lowest BCUT2D eigenvalue weighted by molar-refractivity contribution is 0.0909. The molecule has 1 saturated heterocycles. The number of nitrogens with one attached hydrogen (secondary N) is 3. The number of rotatable bonds is 5. The summed E-state index contributed by atoms with van der Waals surface area (Å²) in [7, 11) is 0. The molecule has 2 heterocycles. The molecule has 2 rings (SSSR count). The largest absolute Gasteiger partial charge is 0.354 e. The van der Waals surface area contributed by atoms with Crippen LogP contribution in [0.3, 0.4) is 0 Å². The summed E-state index contributed by atoms with van der Waals surface area (Å²) in [6, 6.07) is 0.139. The third-order valence-corrected chi connectivity index (χ3v) is 4.51. The number of carbonyl (C=O) groups is 2. The number of H-pyrrole nitrogens is 1. The van der Waals surface area contributed by atoms with Crippen LogP contribution in [0, 0.1) is 12.8 Å². The van der Waals surface area contributed by atoms with Crippen molar-refractivity contribution in [1.82, 2.24) is 15.6 Å². The van der Waals surface area contributed by atoms with Crippen LogP contribution in [0.5, 0.6) is 0 Å². The molecule has 130 valence electrons. The molecule has 0 radical (unpaired) electrons. The SMILES string of the molecule is CCCc1c(C(=O)NC2CNCCC2C)[nH]c(C)c1C(C)=O.Cl. The third kappa shape index (κ3) is 4.36. The molecule has 3 N–H and O–H groups in total. The quantitative estimate of drug-likeness (QED) is 0.721. The average Bonchev–Trinajstić information content (AvgIpc) is 2.78. The lowest BCUT2D eigenvalue weighted by atomic mass is 9.94. The number of piperidine rings is 1. The number of carbonyl (C=O) groups excluding carboxylic acids is 2. The van der Waals surface area contributed by atoms with Gasteiger partial charge >= 0.3 is 0 Å². The van der Waals surface area contributed by atoms with Gasteiger partial charge in [-0.05, 0) is 44.7 Å². The molecule has 0 aromatic carbocycles. The van der Waals surface area contributed by atoms with E-state index in [-0.39, 0.29) is 30.1 Å². The van der Waals surface area contributed by atoms with Gasteiger partial charge in [0.15, 0.2) is 5.78 Å². The minimum Gasteiger partial charge on any atom is -0.354 e. The molecule has 1 fully saturated rings. The minimum absolute atomic E-state index is 0. The Morgan fingerprint density at radius 1 is 1.35 bits per heavy atom. The summed E-state index contributed by atoms with van der Waals surface area (Å²) in [5, 5.41) is 6.44. The van der Waals surface area contributed by atoms with Crippen molar-refractivity contribution in [2.45, 2.75) is 53.0 Å². The number of Topliss-reactive ketones (excluding diaryl/α,β-unsaturated/α-hetero) is 1. The highest BCUT2D eigenvalue weighted by Crippen LogP contribution is 2.22. The maximum Gasteiger partial charge on any atom is 0.268 e. The van der Waals surface area contributed by atoms with E-state index >= 15 is 0 Å². The van der Waals surface area contributed by atoms with Gasteiger partial charge in [-0.15, -0.1) is 12.4 Å². The standard InChI is InChI=1S/C17H27N3O2.ClH/c1-5-6-13-15(12(4)21)11(3)19-16(13)17(22)20-14-9-18-8-7-10(14)2;/h10,14,18-19H,5-9H2,1-4H3,(H,20,22);1H. The predicted octanol–water partition coefficient (Wildman–Crippen LogP) is 2.63. The van der Waals surface area contributed by atoms with Crippen LogP contribution in [0.2, 0.25) is 0 Å². The van der Waals surface area contributed by atoms with Crippen molar-refractivity contribution in [3.05, 3.63) is 22.5 Å². The fourth-order valence-corrected chi connectivity index (χ4v) is 3.27. The topological polar surface area (TPSA) is 74.0 Å². The van der Waals surface area contributed by atoms with Crippen molar-refractivity contribution in [2.75, 3.05) is 13.1 Å². The summed E-state index contributed by atoms with van der Waals surface area (Å²) >= 11 is 0. The van der Waals surface area contributed by atoms with Gasteiger partial charge in [0.05, 0.1) is 0 Å². The van der Waals surface area contributed by atoms with E-state index in [1.54, 1.807) is 6.92 Å². The van der Waals surface area contributed by atoms with Crippen molar-refractivity contribution >= 4 is 24.1 Å². The average molecular weight is 342 g/mol. The molecule has 0 aliphatic carbocycles. The Balaban J connectivity index is 0.00000264. The molecule has 5 nitrogen and oxygen atoms in total. The van der Waals surface area contributed by atoms with Crippen LogP contribution in [0.15, 0.2) is 0 Å². The zero-order valence-corrected chi connectivity index (χ0v) is 15.2. The van der Waals surface area contributed by atoms with E-state index in [9.17, 15) is 9.59 Å². The number of aromatic nitrogens is 1. The fraction of sp³-hybridized carbons (Fsp3) is 0.647. The number of amides is 1. The first-order valence-electron chi connectivity index (χ1n) is 8.19. The molecule has 2 unspecified atom stereocenters. The third-order valence-electron chi connectivity index (χ3n) is 4.51. The fourth-order valence-electron chi connectivity index (χ4n) is 3.27. The Morgan fingerprint density at radius 3 is 2.61 bits per heavy atom. The summed E-state index contributed by atoms with van der Waals surface area (Å²) in [4.78, 5) is 27.7. The molecule has 1 amide bonds. The molecule has 23 heavy (non-hydrogen) atoms. The summed E-state index contributed by atoms with van der Waals surface area (Å²) in [5.74, 6) is 0.381. The summed E-state index contributed by atoms with van der Waals surface area (Å²) in [5.41, 5.74) is 2.89. The van der Waals surface area contributed by atoms with Gasteiger partial charge in [0, 0.05) is 23.8 Å². The van der Waals surface area contributed by atoms with Crippen LogP contribution < -0.4 is 10.6 Å². The number of hydrogen-bond donors (Lipinski definition) is 3. The van der Waals surface area contributed by atoms with E-state index in [2.05, 4.69) is 29.5 Å². The number of aryl methyl sites for hydroxylation is 1. The van der Waals surface area contributed by atoms with Crippen molar-refractivity contribution in [1.29, 1.82) is 0 Å². The second-order valence-electron chi connectivity index (χ2n) is 6.33. The van der Waals surface area contributed by atoms with Crippen LogP contribution in [0.1, 0.15) is 65.7 Å². The summed E-state index contributed by atoms with van der Waals surface area (Å²) < 4.78 is 0. The first-order valence-corrected chi connectivity index (χ1v) is 8.19. The van der Waals surface area contributed by atoms with Gasteiger partial charge in [-0.25, -0.2) is 0 Å². The Morgan fingerprint density at radius 2 is 2.04 bits per heavy atom. The molecule has 1 aromatic rings. The van der Waals surface area contributed by atoms with Gasteiger partial charge in [0.1, 0.15) is 5.69 Å². The van der Waals surface area contributed by atoms with Crippen LogP contribution in [-0.4, -0.2) is 35.8 Å². The monoisotopic (exact) mass is 341 g/mol. The van der Waals surface area contributed by atoms with Gasteiger partial charge in [-0.3, -0.25) is 9.59 Å². The van der Waals surface area contributed by atoms with Gasteiger partial charge in [-0.1, -0.05) is 20.3 Å². The van der Waals surface area contributed by atoms with Crippen LogP contribution >= 0.6 is 12.4 Å². The van der Waals surface area contributed by atoms with Gasteiger partial charge in [-0.2, -0.15) is 0 Å². The molecule has 1 aromatic heterocycles. The first kappa shape index (κ1) is 19.7. The lowest BCUT2D eigenvalue weighted by Crippen LogP contribution is -2.50. The van der Waals surface area contributed by atoms with Crippen molar-refractivity contribution in [3.8, 4) is 0 Å². The summed E-state index contributed by atoms with van der Waals surface area (Å²) in [6.07, 6.45) is 2.70. The second kappa shape index (κ2) is 8.50. The van der Waals surface area contributed by atoms with Crippen LogP contribution in [0.4, 0.5) is 0 Å². The highest BCUT2D eigenvalue weighted by atomic mass is 35.5. The minimum atomic E-state index is -0.0976. The van der Waals surface area contributed by atoms with E-state index in [1.165, 1.54) is 0 Å². The molecular formula is C17H28ClN3O2. The number of hydrogen-bond acceptors (Lipinski definition) is 3. The van der Waals surface area contributed by atoms with Gasteiger partial charge in [0.2, 0.25) is 0 Å².